The summed E-state index contributed by atoms with van der Waals surface area (Å²) in [5.74, 6) is 1.60. The second-order valence-corrected chi connectivity index (χ2v) is 9.35. The summed E-state index contributed by atoms with van der Waals surface area (Å²) >= 11 is 1.01. The predicted molar refractivity (Wildman–Crippen MR) is 142 cm³/mol. The summed E-state index contributed by atoms with van der Waals surface area (Å²) in [7, 11) is 1.53. The van der Waals surface area contributed by atoms with Gasteiger partial charge in [0.1, 0.15) is 19.0 Å². The molecule has 40 heavy (non-hydrogen) atoms. The molecule has 1 aromatic heterocycles. The van der Waals surface area contributed by atoms with E-state index in [4.69, 9.17) is 14.2 Å². The van der Waals surface area contributed by atoms with Crippen molar-refractivity contribution in [3.05, 3.63) is 77.9 Å². The number of hydrogen-bond acceptors (Lipinski definition) is 8. The number of fused-ring (bicyclic) bond motifs is 1. The monoisotopic (exact) mass is 569 g/mol. The SMILES string of the molecule is COc1ccc(-c2nnc(SCC(=O)NN=Cc3ccc4c(c3)OCCO4)n2-c2cccc(C(F)(F)F)c2)cc1. The van der Waals surface area contributed by atoms with E-state index in [0.717, 1.165) is 23.9 Å². The first-order valence-corrected chi connectivity index (χ1v) is 12.9. The molecule has 0 aliphatic carbocycles. The number of carbonyl (C=O) groups excluding carboxylic acids is 1. The highest BCUT2D eigenvalue weighted by atomic mass is 32.2. The first-order valence-electron chi connectivity index (χ1n) is 11.9. The molecule has 13 heteroatoms. The van der Waals surface area contributed by atoms with Crippen LogP contribution in [0.25, 0.3) is 17.1 Å². The van der Waals surface area contributed by atoms with Crippen LogP contribution in [0.5, 0.6) is 17.2 Å². The third kappa shape index (κ3) is 6.20. The van der Waals surface area contributed by atoms with Crippen LogP contribution in [0.4, 0.5) is 13.2 Å². The van der Waals surface area contributed by atoms with Gasteiger partial charge in [0.05, 0.1) is 30.3 Å². The summed E-state index contributed by atoms with van der Waals surface area (Å²) in [5, 5.41) is 12.6. The summed E-state index contributed by atoms with van der Waals surface area (Å²) < 4.78 is 58.1. The molecule has 1 N–H and O–H groups in total. The zero-order valence-electron chi connectivity index (χ0n) is 21.0. The van der Waals surface area contributed by atoms with Crippen molar-refractivity contribution in [2.24, 2.45) is 5.10 Å². The molecule has 0 atom stereocenters. The van der Waals surface area contributed by atoms with E-state index in [2.05, 4.69) is 20.7 Å². The van der Waals surface area contributed by atoms with Crippen molar-refractivity contribution in [3.63, 3.8) is 0 Å². The summed E-state index contributed by atoms with van der Waals surface area (Å²) in [5.41, 5.74) is 3.12. The fourth-order valence-corrected chi connectivity index (χ4v) is 4.57. The normalized spacial score (nSPS) is 12.9. The molecule has 0 saturated heterocycles. The van der Waals surface area contributed by atoms with Gasteiger partial charge in [0, 0.05) is 5.56 Å². The van der Waals surface area contributed by atoms with E-state index >= 15 is 0 Å². The van der Waals surface area contributed by atoms with Crippen LogP contribution in [-0.4, -0.2) is 53.0 Å². The lowest BCUT2D eigenvalue weighted by Gasteiger charge is -2.18. The van der Waals surface area contributed by atoms with Gasteiger partial charge in [0.2, 0.25) is 0 Å². The average Bonchev–Trinajstić information content (AvgIpc) is 3.40. The quantitative estimate of drug-likeness (QED) is 0.182. The Morgan fingerprint density at radius 2 is 1.85 bits per heavy atom. The minimum absolute atomic E-state index is 0.113. The number of benzene rings is 3. The van der Waals surface area contributed by atoms with E-state index < -0.39 is 17.6 Å². The van der Waals surface area contributed by atoms with E-state index in [1.54, 1.807) is 42.5 Å². The highest BCUT2D eigenvalue weighted by molar-refractivity contribution is 7.99. The molecular formula is C27H22F3N5O4S. The highest BCUT2D eigenvalue weighted by Gasteiger charge is 2.31. The number of nitrogens with zero attached hydrogens (tertiary/aromatic N) is 4. The summed E-state index contributed by atoms with van der Waals surface area (Å²) in [6.07, 6.45) is -3.07. The van der Waals surface area contributed by atoms with Crippen LogP contribution in [0.15, 0.2) is 77.0 Å². The summed E-state index contributed by atoms with van der Waals surface area (Å²) in [6, 6.07) is 17.0. The number of ether oxygens (including phenoxy) is 3. The molecule has 0 fully saturated rings. The molecule has 5 rings (SSSR count). The molecule has 4 aromatic rings. The maximum Gasteiger partial charge on any atom is 0.416 e. The second-order valence-electron chi connectivity index (χ2n) is 8.40. The molecule has 0 unspecified atom stereocenters. The number of hydrogen-bond donors (Lipinski definition) is 1. The van der Waals surface area contributed by atoms with E-state index in [1.807, 2.05) is 0 Å². The molecule has 0 spiro atoms. The number of methoxy groups -OCH3 is 1. The van der Waals surface area contributed by atoms with Crippen LogP contribution in [0.2, 0.25) is 0 Å². The fourth-order valence-electron chi connectivity index (χ4n) is 3.83. The molecule has 0 radical (unpaired) electrons. The number of nitrogens with one attached hydrogen (secondary N) is 1. The Morgan fingerprint density at radius 1 is 1.07 bits per heavy atom. The lowest BCUT2D eigenvalue weighted by atomic mass is 10.1. The van der Waals surface area contributed by atoms with Crippen molar-refractivity contribution < 1.29 is 32.2 Å². The molecule has 0 bridgehead atoms. The van der Waals surface area contributed by atoms with Crippen molar-refractivity contribution in [2.45, 2.75) is 11.3 Å². The highest BCUT2D eigenvalue weighted by Crippen LogP contribution is 2.34. The zero-order valence-corrected chi connectivity index (χ0v) is 21.8. The molecular weight excluding hydrogens is 547 g/mol. The van der Waals surface area contributed by atoms with Gasteiger partial charge in [-0.05, 0) is 66.2 Å². The number of hydrazone groups is 1. The lowest BCUT2D eigenvalue weighted by molar-refractivity contribution is -0.137. The Hall–Kier alpha value is -4.52. The van der Waals surface area contributed by atoms with Crippen molar-refractivity contribution in [1.82, 2.24) is 20.2 Å². The third-order valence-corrected chi connectivity index (χ3v) is 6.64. The minimum Gasteiger partial charge on any atom is -0.497 e. The van der Waals surface area contributed by atoms with Gasteiger partial charge < -0.3 is 14.2 Å². The maximum absolute atomic E-state index is 13.5. The van der Waals surface area contributed by atoms with E-state index in [1.165, 1.54) is 30.0 Å². The van der Waals surface area contributed by atoms with Crippen molar-refractivity contribution in [1.29, 1.82) is 0 Å². The second kappa shape index (κ2) is 11.7. The van der Waals surface area contributed by atoms with Crippen LogP contribution in [0.3, 0.4) is 0 Å². The number of amides is 1. The van der Waals surface area contributed by atoms with Gasteiger partial charge in [-0.2, -0.15) is 18.3 Å². The number of thioether (sulfide) groups is 1. The minimum atomic E-state index is -4.54. The smallest absolute Gasteiger partial charge is 0.416 e. The van der Waals surface area contributed by atoms with Crippen LogP contribution >= 0.6 is 11.8 Å². The van der Waals surface area contributed by atoms with Crippen molar-refractivity contribution >= 4 is 23.9 Å². The molecule has 1 amide bonds. The Balaban J connectivity index is 1.34. The van der Waals surface area contributed by atoms with Gasteiger partial charge in [-0.25, -0.2) is 5.43 Å². The van der Waals surface area contributed by atoms with Crippen molar-refractivity contribution in [2.75, 3.05) is 26.1 Å². The zero-order chi connectivity index (χ0) is 28.1. The van der Waals surface area contributed by atoms with Gasteiger partial charge >= 0.3 is 6.18 Å². The number of halogens is 3. The topological polar surface area (TPSA) is 99.9 Å². The number of carbonyl (C=O) groups is 1. The van der Waals surface area contributed by atoms with Gasteiger partial charge in [-0.15, -0.1) is 10.2 Å². The van der Waals surface area contributed by atoms with Gasteiger partial charge in [-0.1, -0.05) is 17.8 Å². The molecule has 3 aromatic carbocycles. The Kier molecular flexibility index (Phi) is 7.91. The molecule has 2 heterocycles. The fraction of sp³-hybridized carbons (Fsp3) is 0.185. The molecule has 1 aliphatic heterocycles. The number of aromatic nitrogens is 3. The molecule has 1 aliphatic rings. The average molecular weight is 570 g/mol. The van der Waals surface area contributed by atoms with Crippen molar-refractivity contribution in [3.8, 4) is 34.3 Å². The number of rotatable bonds is 8. The van der Waals surface area contributed by atoms with Crippen LogP contribution in [0, 0.1) is 0 Å². The van der Waals surface area contributed by atoms with Gasteiger partial charge in [0.15, 0.2) is 22.5 Å². The molecule has 9 nitrogen and oxygen atoms in total. The largest absolute Gasteiger partial charge is 0.497 e. The summed E-state index contributed by atoms with van der Waals surface area (Å²) in [4.78, 5) is 12.5. The lowest BCUT2D eigenvalue weighted by Crippen LogP contribution is -2.20. The summed E-state index contributed by atoms with van der Waals surface area (Å²) in [6.45, 7) is 0.935. The standard InChI is InChI=1S/C27H22F3N5O4S/c1-37-21-8-6-18(7-9-21)25-33-34-26(35(25)20-4-2-3-19(14-20)27(28,29)30)40-16-24(36)32-31-15-17-5-10-22-23(13-17)39-12-11-38-22/h2-10,13-15H,11-12,16H2,1H3,(H,32,36). The van der Waals surface area contributed by atoms with E-state index in [-0.39, 0.29) is 16.6 Å². The third-order valence-electron chi connectivity index (χ3n) is 5.71. The Bertz CT molecular complexity index is 1540. The van der Waals surface area contributed by atoms with Crippen LogP contribution in [0.1, 0.15) is 11.1 Å². The van der Waals surface area contributed by atoms with Gasteiger partial charge in [-0.3, -0.25) is 9.36 Å². The Morgan fingerprint density at radius 3 is 2.60 bits per heavy atom. The molecule has 0 saturated carbocycles. The van der Waals surface area contributed by atoms with E-state index in [0.29, 0.717) is 47.4 Å². The predicted octanol–water partition coefficient (Wildman–Crippen LogP) is 4.98. The first kappa shape index (κ1) is 27.1. The number of alkyl halides is 3. The maximum atomic E-state index is 13.5. The Labute approximate surface area is 231 Å². The van der Waals surface area contributed by atoms with Gasteiger partial charge in [0.25, 0.3) is 5.91 Å². The molecule has 206 valence electrons. The van der Waals surface area contributed by atoms with E-state index in [9.17, 15) is 18.0 Å². The van der Waals surface area contributed by atoms with Crippen LogP contribution < -0.4 is 19.6 Å². The van der Waals surface area contributed by atoms with Crippen LogP contribution in [-0.2, 0) is 11.0 Å². The first-order chi connectivity index (χ1) is 19.3.